The molecule has 0 radical (unpaired) electrons. The minimum Gasteiger partial charge on any atom is -0.198 e. The molecule has 0 bridgehead atoms. The standard InChI is InChI=1S/C16H13Cl2N/c1-11-4-2-3-5-15(11)13(10-19)8-12-6-7-14(17)9-16(12)18/h2-7,9,13H,8H2,1H3/t13-/m1/s1. The molecule has 0 aliphatic heterocycles. The van der Waals surface area contributed by atoms with Crippen LogP contribution in [0, 0.1) is 18.3 Å². The van der Waals surface area contributed by atoms with E-state index in [0.717, 1.165) is 16.7 Å². The first-order chi connectivity index (χ1) is 9.11. The van der Waals surface area contributed by atoms with Crippen LogP contribution in [-0.2, 0) is 6.42 Å². The van der Waals surface area contributed by atoms with E-state index in [1.807, 2.05) is 37.3 Å². The fourth-order valence-corrected chi connectivity index (χ4v) is 2.60. The molecular weight excluding hydrogens is 277 g/mol. The van der Waals surface area contributed by atoms with Crippen molar-refractivity contribution in [1.29, 1.82) is 5.26 Å². The fraction of sp³-hybridized carbons (Fsp3) is 0.188. The van der Waals surface area contributed by atoms with E-state index >= 15 is 0 Å². The summed E-state index contributed by atoms with van der Waals surface area (Å²) in [5.74, 6) is -0.195. The lowest BCUT2D eigenvalue weighted by molar-refractivity contribution is 0.841. The maximum atomic E-state index is 9.39. The Labute approximate surface area is 123 Å². The van der Waals surface area contributed by atoms with Crippen LogP contribution in [0.5, 0.6) is 0 Å². The molecule has 96 valence electrons. The molecule has 0 fully saturated rings. The van der Waals surface area contributed by atoms with E-state index in [0.29, 0.717) is 16.5 Å². The Hall–Kier alpha value is -1.49. The van der Waals surface area contributed by atoms with E-state index in [4.69, 9.17) is 23.2 Å². The van der Waals surface area contributed by atoms with E-state index in [1.54, 1.807) is 12.1 Å². The van der Waals surface area contributed by atoms with Crippen molar-refractivity contribution in [3.63, 3.8) is 0 Å². The van der Waals surface area contributed by atoms with Crippen LogP contribution in [0.4, 0.5) is 0 Å². The van der Waals surface area contributed by atoms with Gasteiger partial charge in [-0.05, 0) is 42.2 Å². The highest BCUT2D eigenvalue weighted by atomic mass is 35.5. The van der Waals surface area contributed by atoms with Gasteiger partial charge in [0.05, 0.1) is 12.0 Å². The van der Waals surface area contributed by atoms with Crippen LogP contribution in [0.15, 0.2) is 42.5 Å². The summed E-state index contributed by atoms with van der Waals surface area (Å²) in [6, 6.07) is 15.7. The maximum absolute atomic E-state index is 9.39. The van der Waals surface area contributed by atoms with Crippen molar-refractivity contribution in [2.45, 2.75) is 19.3 Å². The predicted molar refractivity (Wildman–Crippen MR) is 79.7 cm³/mol. The molecule has 1 atom stereocenters. The minimum absolute atomic E-state index is 0.195. The molecule has 19 heavy (non-hydrogen) atoms. The van der Waals surface area contributed by atoms with E-state index in [9.17, 15) is 5.26 Å². The summed E-state index contributed by atoms with van der Waals surface area (Å²) in [6.45, 7) is 2.02. The molecule has 2 aromatic carbocycles. The number of hydrogen-bond acceptors (Lipinski definition) is 1. The Morgan fingerprint density at radius 3 is 2.53 bits per heavy atom. The zero-order chi connectivity index (χ0) is 13.8. The second kappa shape index (κ2) is 6.10. The van der Waals surface area contributed by atoms with Gasteiger partial charge in [-0.25, -0.2) is 0 Å². The summed E-state index contributed by atoms with van der Waals surface area (Å²) in [5.41, 5.74) is 3.12. The Bertz CT molecular complexity index is 629. The van der Waals surface area contributed by atoms with Crippen LogP contribution in [0.25, 0.3) is 0 Å². The second-order valence-electron chi connectivity index (χ2n) is 4.48. The van der Waals surface area contributed by atoms with Crippen molar-refractivity contribution in [2.75, 3.05) is 0 Å². The summed E-state index contributed by atoms with van der Waals surface area (Å²) in [6.07, 6.45) is 0.595. The lowest BCUT2D eigenvalue weighted by Crippen LogP contribution is -2.03. The zero-order valence-electron chi connectivity index (χ0n) is 10.5. The van der Waals surface area contributed by atoms with Gasteiger partial charge < -0.3 is 0 Å². The molecule has 3 heteroatoms. The molecule has 0 unspecified atom stereocenters. The first kappa shape index (κ1) is 13.9. The monoisotopic (exact) mass is 289 g/mol. The van der Waals surface area contributed by atoms with E-state index in [1.165, 1.54) is 0 Å². The molecule has 0 aliphatic carbocycles. The summed E-state index contributed by atoms with van der Waals surface area (Å²) < 4.78 is 0. The largest absolute Gasteiger partial charge is 0.198 e. The molecule has 0 spiro atoms. The third-order valence-corrected chi connectivity index (χ3v) is 3.75. The van der Waals surface area contributed by atoms with Crippen LogP contribution in [-0.4, -0.2) is 0 Å². The van der Waals surface area contributed by atoms with Gasteiger partial charge in [-0.15, -0.1) is 0 Å². The SMILES string of the molecule is Cc1ccccc1[C@@H](C#N)Cc1ccc(Cl)cc1Cl. The van der Waals surface area contributed by atoms with Gasteiger partial charge in [0.2, 0.25) is 0 Å². The molecule has 0 aliphatic rings. The highest BCUT2D eigenvalue weighted by Gasteiger charge is 2.15. The highest BCUT2D eigenvalue weighted by molar-refractivity contribution is 6.35. The van der Waals surface area contributed by atoms with Crippen molar-refractivity contribution in [3.8, 4) is 6.07 Å². The van der Waals surface area contributed by atoms with E-state index < -0.39 is 0 Å². The molecule has 0 saturated heterocycles. The van der Waals surface area contributed by atoms with Gasteiger partial charge in [-0.1, -0.05) is 53.5 Å². The number of hydrogen-bond donors (Lipinski definition) is 0. The number of nitrogens with zero attached hydrogens (tertiary/aromatic N) is 1. The topological polar surface area (TPSA) is 23.8 Å². The molecule has 0 N–H and O–H groups in total. The van der Waals surface area contributed by atoms with Gasteiger partial charge in [0, 0.05) is 10.0 Å². The van der Waals surface area contributed by atoms with Crippen molar-refractivity contribution >= 4 is 23.2 Å². The van der Waals surface area contributed by atoms with Gasteiger partial charge in [0.25, 0.3) is 0 Å². The molecule has 2 rings (SSSR count). The van der Waals surface area contributed by atoms with E-state index in [2.05, 4.69) is 6.07 Å². The normalized spacial score (nSPS) is 11.9. The summed E-state index contributed by atoms with van der Waals surface area (Å²) in [5, 5.41) is 10.6. The smallest absolute Gasteiger partial charge is 0.0756 e. The van der Waals surface area contributed by atoms with Gasteiger partial charge in [0.15, 0.2) is 0 Å². The van der Waals surface area contributed by atoms with E-state index in [-0.39, 0.29) is 5.92 Å². The third-order valence-electron chi connectivity index (χ3n) is 3.16. The minimum atomic E-state index is -0.195. The fourth-order valence-electron chi connectivity index (χ4n) is 2.11. The molecule has 0 saturated carbocycles. The number of benzene rings is 2. The summed E-state index contributed by atoms with van der Waals surface area (Å²) in [7, 11) is 0. The lowest BCUT2D eigenvalue weighted by atomic mass is 9.90. The average molecular weight is 290 g/mol. The first-order valence-corrected chi connectivity index (χ1v) is 6.76. The summed E-state index contributed by atoms with van der Waals surface area (Å²) >= 11 is 12.0. The number of aryl methyl sites for hydroxylation is 1. The Balaban J connectivity index is 2.30. The molecular formula is C16H13Cl2N. The lowest BCUT2D eigenvalue weighted by Gasteiger charge is -2.13. The van der Waals surface area contributed by atoms with Crippen molar-refractivity contribution in [2.24, 2.45) is 0 Å². The van der Waals surface area contributed by atoms with Crippen molar-refractivity contribution < 1.29 is 0 Å². The molecule has 2 aromatic rings. The van der Waals surface area contributed by atoms with Crippen molar-refractivity contribution in [3.05, 3.63) is 69.2 Å². The molecule has 0 heterocycles. The van der Waals surface area contributed by atoms with Gasteiger partial charge in [-0.2, -0.15) is 5.26 Å². The molecule has 0 aromatic heterocycles. The van der Waals surface area contributed by atoms with Gasteiger partial charge in [0.1, 0.15) is 0 Å². The second-order valence-corrected chi connectivity index (χ2v) is 5.32. The Morgan fingerprint density at radius 2 is 1.89 bits per heavy atom. The number of rotatable bonds is 3. The van der Waals surface area contributed by atoms with Crippen LogP contribution in [0.1, 0.15) is 22.6 Å². The number of nitriles is 1. The zero-order valence-corrected chi connectivity index (χ0v) is 12.0. The quantitative estimate of drug-likeness (QED) is 0.766. The maximum Gasteiger partial charge on any atom is 0.0756 e. The molecule has 0 amide bonds. The van der Waals surface area contributed by atoms with Crippen LogP contribution in [0.2, 0.25) is 10.0 Å². The summed E-state index contributed by atoms with van der Waals surface area (Å²) in [4.78, 5) is 0. The van der Waals surface area contributed by atoms with Gasteiger partial charge >= 0.3 is 0 Å². The Kier molecular flexibility index (Phi) is 4.47. The highest BCUT2D eigenvalue weighted by Crippen LogP contribution is 2.28. The van der Waals surface area contributed by atoms with Crippen molar-refractivity contribution in [1.82, 2.24) is 0 Å². The average Bonchev–Trinajstić information content (AvgIpc) is 2.39. The molecule has 1 nitrogen and oxygen atoms in total. The predicted octanol–water partition coefficient (Wildman–Crippen LogP) is 5.15. The van der Waals surface area contributed by atoms with Crippen LogP contribution >= 0.6 is 23.2 Å². The third kappa shape index (κ3) is 3.29. The first-order valence-electron chi connectivity index (χ1n) is 6.01. The Morgan fingerprint density at radius 1 is 1.16 bits per heavy atom. The number of halogens is 2. The van der Waals surface area contributed by atoms with Gasteiger partial charge in [-0.3, -0.25) is 0 Å². The van der Waals surface area contributed by atoms with Crippen LogP contribution < -0.4 is 0 Å². The van der Waals surface area contributed by atoms with Crippen LogP contribution in [0.3, 0.4) is 0 Å².